The van der Waals surface area contributed by atoms with Gasteiger partial charge in [-0.25, -0.2) is 0 Å². The molecule has 8 nitrogen and oxygen atoms in total. The molecule has 3 N–H and O–H groups in total. The van der Waals surface area contributed by atoms with E-state index in [0.29, 0.717) is 18.5 Å². The zero-order valence-electron chi connectivity index (χ0n) is 23.8. The zero-order valence-corrected chi connectivity index (χ0v) is 23.8. The Labute approximate surface area is 237 Å². The van der Waals surface area contributed by atoms with Gasteiger partial charge in [-0.2, -0.15) is 5.10 Å². The van der Waals surface area contributed by atoms with Crippen LogP contribution in [0.3, 0.4) is 0 Å². The number of ether oxygens (including phenoxy) is 2. The van der Waals surface area contributed by atoms with E-state index in [4.69, 9.17) is 9.47 Å². The normalized spacial score (nSPS) is 12.0. The van der Waals surface area contributed by atoms with E-state index in [0.717, 1.165) is 72.7 Å². The van der Waals surface area contributed by atoms with Gasteiger partial charge in [-0.05, 0) is 68.1 Å². The lowest BCUT2D eigenvalue weighted by molar-refractivity contribution is -0.115. The van der Waals surface area contributed by atoms with Crippen LogP contribution in [0, 0.1) is 0 Å². The number of hydrogen-bond acceptors (Lipinski definition) is 6. The van der Waals surface area contributed by atoms with Crippen molar-refractivity contribution in [2.45, 2.75) is 46.1 Å². The lowest BCUT2D eigenvalue weighted by Gasteiger charge is -2.21. The highest BCUT2D eigenvalue weighted by atomic mass is 16.5. The number of carbonyl (C=O) groups excluding carboxylic acids is 1. The smallest absolute Gasteiger partial charge is 0.230 e. The van der Waals surface area contributed by atoms with Gasteiger partial charge in [-0.1, -0.05) is 44.2 Å². The quantitative estimate of drug-likeness (QED) is 0.142. The Morgan fingerprint density at radius 2 is 1.85 bits per heavy atom. The number of nitrogens with one attached hydrogen (secondary N) is 3. The first-order valence-electron chi connectivity index (χ1n) is 14.2. The van der Waals surface area contributed by atoms with Crippen molar-refractivity contribution < 1.29 is 14.3 Å². The van der Waals surface area contributed by atoms with E-state index in [1.807, 2.05) is 54.6 Å². The molecule has 0 bridgehead atoms. The molecule has 3 aromatic carbocycles. The summed E-state index contributed by atoms with van der Waals surface area (Å²) >= 11 is 0. The summed E-state index contributed by atoms with van der Waals surface area (Å²) in [5, 5.41) is 15.7. The molecule has 0 aliphatic rings. The highest BCUT2D eigenvalue weighted by Gasteiger charge is 2.10. The molecule has 40 heavy (non-hydrogen) atoms. The van der Waals surface area contributed by atoms with Gasteiger partial charge in [-0.15, -0.1) is 0 Å². The van der Waals surface area contributed by atoms with Crippen LogP contribution in [0.4, 0.5) is 17.2 Å². The van der Waals surface area contributed by atoms with Gasteiger partial charge in [0.05, 0.1) is 25.7 Å². The Bertz CT molecular complexity index is 1340. The number of aromatic nitrogens is 2. The maximum atomic E-state index is 12.4. The van der Waals surface area contributed by atoms with Gasteiger partial charge in [0, 0.05) is 41.6 Å². The summed E-state index contributed by atoms with van der Waals surface area (Å²) in [6, 6.07) is 23.5. The van der Waals surface area contributed by atoms with Crippen LogP contribution < -0.4 is 15.4 Å². The second kappa shape index (κ2) is 15.1. The van der Waals surface area contributed by atoms with Crippen LogP contribution in [0.2, 0.25) is 0 Å². The van der Waals surface area contributed by atoms with Crippen LogP contribution in [0.5, 0.6) is 5.75 Å². The fourth-order valence-corrected chi connectivity index (χ4v) is 4.42. The van der Waals surface area contributed by atoms with Crippen LogP contribution in [0.25, 0.3) is 10.8 Å². The second-order valence-corrected chi connectivity index (χ2v) is 9.91. The number of benzene rings is 3. The second-order valence-electron chi connectivity index (χ2n) is 9.91. The molecule has 1 heterocycles. The fraction of sp³-hybridized carbons (Fsp3) is 0.375. The Balaban J connectivity index is 1.27. The molecule has 0 saturated heterocycles. The first-order valence-corrected chi connectivity index (χ1v) is 14.2. The lowest BCUT2D eigenvalue weighted by Crippen LogP contribution is -2.30. The minimum Gasteiger partial charge on any atom is -0.494 e. The standard InChI is InChI=1S/C32H41N5O3/c1-4-24(3)39-20-18-37(5-2)17-10-19-40-28-15-16-29-25(21-28)11-9-14-30(29)34-31-22-27(35-36-31)23-32(38)33-26-12-7-6-8-13-26/h6-9,11-16,21-22,24H,4-5,10,17-20,23H2,1-3H3,(H,33,38)(H2,34,35,36). The number of H-pyrrole nitrogens is 1. The summed E-state index contributed by atoms with van der Waals surface area (Å²) in [6.45, 7) is 10.8. The summed E-state index contributed by atoms with van der Waals surface area (Å²) < 4.78 is 11.9. The van der Waals surface area contributed by atoms with Crippen molar-refractivity contribution >= 4 is 33.9 Å². The number of carbonyl (C=O) groups is 1. The molecule has 0 aliphatic carbocycles. The number of amides is 1. The lowest BCUT2D eigenvalue weighted by atomic mass is 10.1. The van der Waals surface area contributed by atoms with Gasteiger partial charge in [0.25, 0.3) is 0 Å². The summed E-state index contributed by atoms with van der Waals surface area (Å²) in [5.74, 6) is 1.42. The molecular weight excluding hydrogens is 502 g/mol. The molecule has 1 aromatic heterocycles. The van der Waals surface area contributed by atoms with Crippen molar-refractivity contribution in [1.82, 2.24) is 15.1 Å². The van der Waals surface area contributed by atoms with Crippen molar-refractivity contribution in [3.05, 3.63) is 78.5 Å². The van der Waals surface area contributed by atoms with Crippen LogP contribution in [-0.4, -0.2) is 60.0 Å². The fourth-order valence-electron chi connectivity index (χ4n) is 4.42. The molecule has 1 amide bonds. The molecule has 0 radical (unpaired) electrons. The van der Waals surface area contributed by atoms with Crippen LogP contribution in [0.15, 0.2) is 72.8 Å². The summed E-state index contributed by atoms with van der Waals surface area (Å²) in [5.41, 5.74) is 2.44. The molecule has 1 unspecified atom stereocenters. The Morgan fingerprint density at radius 1 is 1.00 bits per heavy atom. The topological polar surface area (TPSA) is 91.5 Å². The van der Waals surface area contributed by atoms with Gasteiger partial charge in [-0.3, -0.25) is 9.89 Å². The van der Waals surface area contributed by atoms with Crippen molar-refractivity contribution in [3.8, 4) is 5.75 Å². The molecule has 0 aliphatic heterocycles. The number of nitrogens with zero attached hydrogens (tertiary/aromatic N) is 2. The molecule has 0 fully saturated rings. The Hall–Kier alpha value is -3.88. The summed E-state index contributed by atoms with van der Waals surface area (Å²) in [7, 11) is 0. The number of para-hydroxylation sites is 1. The molecule has 4 rings (SSSR count). The van der Waals surface area contributed by atoms with Gasteiger partial charge in [0.2, 0.25) is 5.91 Å². The van der Waals surface area contributed by atoms with E-state index in [-0.39, 0.29) is 12.3 Å². The highest BCUT2D eigenvalue weighted by molar-refractivity contribution is 5.96. The maximum absolute atomic E-state index is 12.4. The van der Waals surface area contributed by atoms with E-state index in [1.54, 1.807) is 0 Å². The third kappa shape index (κ3) is 8.83. The number of hydrogen-bond donors (Lipinski definition) is 3. The van der Waals surface area contributed by atoms with E-state index >= 15 is 0 Å². The average Bonchev–Trinajstić information content (AvgIpc) is 3.40. The van der Waals surface area contributed by atoms with E-state index in [1.165, 1.54) is 0 Å². The molecule has 212 valence electrons. The van der Waals surface area contributed by atoms with Gasteiger partial charge in [0.1, 0.15) is 5.75 Å². The number of likely N-dealkylation sites (N-methyl/N-ethyl adjacent to an activating group) is 1. The maximum Gasteiger partial charge on any atom is 0.230 e. The minimum absolute atomic E-state index is 0.0999. The monoisotopic (exact) mass is 543 g/mol. The molecule has 4 aromatic rings. The third-order valence-electron chi connectivity index (χ3n) is 6.87. The predicted molar refractivity (Wildman–Crippen MR) is 163 cm³/mol. The van der Waals surface area contributed by atoms with Gasteiger partial charge < -0.3 is 25.0 Å². The minimum atomic E-state index is -0.0999. The largest absolute Gasteiger partial charge is 0.494 e. The predicted octanol–water partition coefficient (Wildman–Crippen LogP) is 6.39. The van der Waals surface area contributed by atoms with Gasteiger partial charge in [0.15, 0.2) is 5.82 Å². The average molecular weight is 544 g/mol. The van der Waals surface area contributed by atoms with Crippen molar-refractivity contribution in [2.24, 2.45) is 0 Å². The SMILES string of the molecule is CCC(C)OCCN(CC)CCCOc1ccc2c(Nc3cc(CC(=O)Nc4ccccc4)[nH]n3)cccc2c1. The van der Waals surface area contributed by atoms with Crippen LogP contribution in [-0.2, 0) is 16.0 Å². The van der Waals surface area contributed by atoms with Crippen molar-refractivity contribution in [1.29, 1.82) is 0 Å². The van der Waals surface area contributed by atoms with Crippen LogP contribution in [0.1, 0.15) is 39.3 Å². The summed E-state index contributed by atoms with van der Waals surface area (Å²) in [4.78, 5) is 14.8. The van der Waals surface area contributed by atoms with Crippen molar-refractivity contribution in [2.75, 3.05) is 43.5 Å². The van der Waals surface area contributed by atoms with Gasteiger partial charge >= 0.3 is 0 Å². The highest BCUT2D eigenvalue weighted by Crippen LogP contribution is 2.29. The molecular formula is C32H41N5O3. The molecule has 0 saturated carbocycles. The number of anilines is 3. The molecule has 0 spiro atoms. The van der Waals surface area contributed by atoms with E-state index in [2.05, 4.69) is 64.7 Å². The number of rotatable bonds is 16. The van der Waals surface area contributed by atoms with E-state index in [9.17, 15) is 4.79 Å². The first-order chi connectivity index (χ1) is 19.5. The first kappa shape index (κ1) is 29.1. The van der Waals surface area contributed by atoms with Crippen LogP contribution >= 0.6 is 0 Å². The Morgan fingerprint density at radius 3 is 2.65 bits per heavy atom. The number of fused-ring (bicyclic) bond motifs is 1. The zero-order chi connectivity index (χ0) is 28.2. The molecule has 8 heteroatoms. The van der Waals surface area contributed by atoms with Crippen molar-refractivity contribution in [3.63, 3.8) is 0 Å². The summed E-state index contributed by atoms with van der Waals surface area (Å²) in [6.07, 6.45) is 2.53. The third-order valence-corrected chi connectivity index (χ3v) is 6.87. The molecule has 1 atom stereocenters. The Kier molecular flexibility index (Phi) is 11.0. The van der Waals surface area contributed by atoms with E-state index < -0.39 is 0 Å². The number of aromatic amines is 1.